The van der Waals surface area contributed by atoms with Crippen LogP contribution in [0.1, 0.15) is 25.5 Å². The first-order chi connectivity index (χ1) is 11.6. The Kier molecular flexibility index (Phi) is 6.49. The van der Waals surface area contributed by atoms with Crippen LogP contribution in [0, 0.1) is 0 Å². The van der Waals surface area contributed by atoms with Gasteiger partial charge in [0.25, 0.3) is 0 Å². The number of hydrogen-bond acceptors (Lipinski definition) is 6. The normalized spacial score (nSPS) is 26.0. The van der Waals surface area contributed by atoms with Crippen molar-refractivity contribution in [3.63, 3.8) is 0 Å². The Hall–Kier alpha value is -2.34. The number of hydrogen-bond donors (Lipinski definition) is 4. The number of carboxylic acids is 1. The van der Waals surface area contributed by atoms with Crippen LogP contribution in [0.25, 0.3) is 0 Å². The van der Waals surface area contributed by atoms with E-state index in [2.05, 4.69) is 5.32 Å². The fourth-order valence-corrected chi connectivity index (χ4v) is 4.85. The summed E-state index contributed by atoms with van der Waals surface area (Å²) in [7, 11) is 0. The number of carboxylic acid groups (broad SMARTS) is 1. The molecule has 0 bridgehead atoms. The zero-order valence-corrected chi connectivity index (χ0v) is 15.5. The summed E-state index contributed by atoms with van der Waals surface area (Å²) < 4.78 is -0.648. The lowest BCUT2D eigenvalue weighted by Gasteiger charge is -2.43. The number of β-lactam (4-membered cyclic amide) rings is 1. The molecule has 27 heavy (non-hydrogen) atoms. The van der Waals surface area contributed by atoms with Crippen LogP contribution < -0.4 is 11.1 Å². The van der Waals surface area contributed by atoms with Gasteiger partial charge in [-0.15, -0.1) is 11.8 Å². The van der Waals surface area contributed by atoms with E-state index < -0.39 is 46.0 Å². The second-order valence-electron chi connectivity index (χ2n) is 6.65. The lowest BCUT2D eigenvalue weighted by molar-refractivity contribution is -0.161. The van der Waals surface area contributed by atoms with Crippen LogP contribution in [-0.4, -0.2) is 66.1 Å². The molecule has 0 aromatic heterocycles. The number of nitrogens with zero attached hydrogens (tertiary/aromatic N) is 1. The van der Waals surface area contributed by atoms with Gasteiger partial charge in [0.15, 0.2) is 0 Å². The summed E-state index contributed by atoms with van der Waals surface area (Å²) in [6.45, 7) is 3.53. The number of fused-ring (bicyclic) bond motifs is 1. The molecule has 1 aromatic carbocycles. The molecule has 0 spiro atoms. The molecule has 0 aliphatic carbocycles. The number of phenolic OH excluding ortho intramolecular Hbond substituents is 1. The van der Waals surface area contributed by atoms with Crippen molar-refractivity contribution >= 4 is 29.5 Å². The summed E-state index contributed by atoms with van der Waals surface area (Å²) in [5.41, 5.74) is 6.41. The van der Waals surface area contributed by atoms with Crippen LogP contribution in [0.4, 0.5) is 0 Å². The summed E-state index contributed by atoms with van der Waals surface area (Å²) in [4.78, 5) is 37.5. The van der Waals surface area contributed by atoms with Gasteiger partial charge in [-0.1, -0.05) is 12.1 Å². The van der Waals surface area contributed by atoms with Gasteiger partial charge in [0.2, 0.25) is 11.8 Å². The Balaban J connectivity index is 0.00000182. The molecule has 3 rings (SSSR count). The van der Waals surface area contributed by atoms with E-state index in [4.69, 9.17) is 5.73 Å². The molecule has 2 saturated heterocycles. The van der Waals surface area contributed by atoms with Crippen LogP contribution in [-0.2, 0) is 14.4 Å². The van der Waals surface area contributed by atoms with Crippen molar-refractivity contribution in [2.45, 2.75) is 42.1 Å². The lowest BCUT2D eigenvalue weighted by Crippen LogP contribution is -2.71. The number of phenols is 1. The van der Waals surface area contributed by atoms with E-state index in [1.807, 2.05) is 0 Å². The second kappa shape index (κ2) is 7.72. The maximum absolute atomic E-state index is 12.3. The van der Waals surface area contributed by atoms with E-state index in [-0.39, 0.29) is 16.7 Å². The van der Waals surface area contributed by atoms with Gasteiger partial charge in [0.05, 0.1) is 0 Å². The van der Waals surface area contributed by atoms with Gasteiger partial charge in [-0.05, 0) is 31.5 Å². The molecular weight excluding hydrogens is 378 g/mol. The molecule has 0 radical (unpaired) electrons. The highest BCUT2D eigenvalue weighted by Crippen LogP contribution is 2.50. The summed E-state index contributed by atoms with van der Waals surface area (Å²) in [5, 5.41) is 20.9. The van der Waals surface area contributed by atoms with E-state index >= 15 is 0 Å². The highest BCUT2D eigenvalue weighted by atomic mass is 32.2. The van der Waals surface area contributed by atoms with Gasteiger partial charge in [-0.2, -0.15) is 0 Å². The maximum Gasteiger partial charge on any atom is 0.327 e. The smallest absolute Gasteiger partial charge is 0.327 e. The third-order valence-electron chi connectivity index (χ3n) is 4.51. The number of benzene rings is 1. The molecule has 2 aliphatic heterocycles. The SMILES string of the molecule is CC1(C)S[C@@H]2[C@@H](NC(=O)[C@H](N)c3ccc(O)cc3)C(=O)N2[C@H]1C(=O)O.O.O. The topological polar surface area (TPSA) is 196 Å². The average Bonchev–Trinajstić information content (AvgIpc) is 2.80. The Morgan fingerprint density at radius 1 is 1.26 bits per heavy atom. The van der Waals surface area contributed by atoms with Crippen molar-refractivity contribution in [1.29, 1.82) is 0 Å². The number of carbonyl (C=O) groups excluding carboxylic acids is 2. The first-order valence-electron chi connectivity index (χ1n) is 7.71. The Morgan fingerprint density at radius 3 is 2.33 bits per heavy atom. The molecular formula is C16H23N3O7S. The Labute approximate surface area is 159 Å². The summed E-state index contributed by atoms with van der Waals surface area (Å²) in [5.74, 6) is -1.94. The predicted octanol–water partition coefficient (Wildman–Crippen LogP) is -1.63. The van der Waals surface area contributed by atoms with E-state index in [1.54, 1.807) is 13.8 Å². The molecule has 11 heteroatoms. The number of aliphatic carboxylic acids is 1. The summed E-state index contributed by atoms with van der Waals surface area (Å²) in [6, 6.07) is 3.21. The first-order valence-corrected chi connectivity index (χ1v) is 8.59. The first kappa shape index (κ1) is 22.7. The minimum absolute atomic E-state index is 0. The molecule has 2 heterocycles. The van der Waals surface area contributed by atoms with Crippen LogP contribution in [0.5, 0.6) is 5.75 Å². The van der Waals surface area contributed by atoms with Crippen molar-refractivity contribution in [3.8, 4) is 5.75 Å². The van der Waals surface area contributed by atoms with Crippen LogP contribution in [0.15, 0.2) is 24.3 Å². The molecule has 1 aromatic rings. The Morgan fingerprint density at radius 2 is 1.81 bits per heavy atom. The number of carbonyl (C=O) groups is 3. The quantitative estimate of drug-likeness (QED) is 0.434. The molecule has 10 nitrogen and oxygen atoms in total. The third-order valence-corrected chi connectivity index (χ3v) is 6.08. The highest BCUT2D eigenvalue weighted by Gasteiger charge is 2.64. The van der Waals surface area contributed by atoms with Gasteiger partial charge in [0, 0.05) is 4.75 Å². The number of amides is 2. The third kappa shape index (κ3) is 3.72. The maximum atomic E-state index is 12.3. The number of nitrogens with one attached hydrogen (secondary N) is 1. The van der Waals surface area contributed by atoms with E-state index in [9.17, 15) is 24.6 Å². The van der Waals surface area contributed by atoms with Gasteiger partial charge in [0.1, 0.15) is 29.2 Å². The van der Waals surface area contributed by atoms with Crippen LogP contribution in [0.2, 0.25) is 0 Å². The van der Waals surface area contributed by atoms with Crippen molar-refractivity contribution in [1.82, 2.24) is 10.2 Å². The van der Waals surface area contributed by atoms with Gasteiger partial charge < -0.3 is 37.1 Å². The van der Waals surface area contributed by atoms with Gasteiger partial charge >= 0.3 is 5.97 Å². The number of nitrogens with two attached hydrogens (primary N) is 1. The summed E-state index contributed by atoms with van der Waals surface area (Å²) in [6.07, 6.45) is 0. The van der Waals surface area contributed by atoms with E-state index in [0.29, 0.717) is 5.56 Å². The zero-order valence-electron chi connectivity index (χ0n) is 14.7. The monoisotopic (exact) mass is 401 g/mol. The van der Waals surface area contributed by atoms with Crippen molar-refractivity contribution in [2.75, 3.05) is 0 Å². The second-order valence-corrected chi connectivity index (χ2v) is 8.42. The molecule has 9 N–H and O–H groups in total. The largest absolute Gasteiger partial charge is 0.508 e. The molecule has 4 atom stereocenters. The standard InChI is InChI=1S/C16H19N3O5S.2H2O/c1-16(2)11(15(23)24)19-13(22)10(14(19)25-16)18-12(21)9(17)7-3-5-8(20)6-4-7;;/h3-6,9-11,14,20H,17H2,1-2H3,(H,18,21)(H,23,24);2*1H2/t9-,10+,11+,14-;;/m1../s1. The predicted molar refractivity (Wildman–Crippen MR) is 97.9 cm³/mol. The lowest BCUT2D eigenvalue weighted by atomic mass is 9.95. The molecule has 2 amide bonds. The zero-order chi connectivity index (χ0) is 18.5. The van der Waals surface area contributed by atoms with Crippen molar-refractivity contribution in [3.05, 3.63) is 29.8 Å². The van der Waals surface area contributed by atoms with Crippen LogP contribution in [0.3, 0.4) is 0 Å². The van der Waals surface area contributed by atoms with E-state index in [0.717, 1.165) is 0 Å². The van der Waals surface area contributed by atoms with Crippen LogP contribution >= 0.6 is 11.8 Å². The number of thioether (sulfide) groups is 1. The van der Waals surface area contributed by atoms with Crippen molar-refractivity contribution in [2.24, 2.45) is 5.73 Å². The summed E-state index contributed by atoms with van der Waals surface area (Å²) >= 11 is 1.35. The Bertz CT molecular complexity index is 740. The van der Waals surface area contributed by atoms with E-state index in [1.165, 1.54) is 40.9 Å². The minimum Gasteiger partial charge on any atom is -0.508 e. The van der Waals surface area contributed by atoms with Gasteiger partial charge in [-0.25, -0.2) is 4.79 Å². The molecule has 150 valence electrons. The fourth-order valence-electron chi connectivity index (χ4n) is 3.22. The molecule has 2 aliphatic rings. The van der Waals surface area contributed by atoms with Gasteiger partial charge in [-0.3, -0.25) is 9.59 Å². The molecule has 0 unspecified atom stereocenters. The fraction of sp³-hybridized carbons (Fsp3) is 0.438. The number of aromatic hydroxyl groups is 1. The van der Waals surface area contributed by atoms with Crippen molar-refractivity contribution < 1.29 is 35.5 Å². The minimum atomic E-state index is -1.06. The molecule has 0 saturated carbocycles. The molecule has 2 fully saturated rings. The highest BCUT2D eigenvalue weighted by molar-refractivity contribution is 8.01. The number of rotatable bonds is 4. The average molecular weight is 401 g/mol.